The van der Waals surface area contributed by atoms with Gasteiger partial charge in [0.2, 0.25) is 5.95 Å². The number of aromatic nitrogens is 5. The first-order valence-corrected chi connectivity index (χ1v) is 9.14. The average molecular weight is 390 g/mol. The molecule has 3 aromatic rings. The third kappa shape index (κ3) is 3.32. The summed E-state index contributed by atoms with van der Waals surface area (Å²) in [7, 11) is 0. The van der Waals surface area contributed by atoms with Crippen LogP contribution in [0.25, 0.3) is 5.69 Å². The molecule has 0 radical (unpaired) electrons. The van der Waals surface area contributed by atoms with Crippen LogP contribution in [0.4, 0.5) is 11.6 Å². The number of nitrogens with one attached hydrogen (secondary N) is 1. The van der Waals surface area contributed by atoms with Crippen molar-refractivity contribution in [1.82, 2.24) is 25.2 Å². The molecule has 1 aromatic carbocycles. The van der Waals surface area contributed by atoms with Crippen LogP contribution in [0.5, 0.6) is 0 Å². The number of rotatable bonds is 5. The molecule has 0 spiro atoms. The summed E-state index contributed by atoms with van der Waals surface area (Å²) in [5, 5.41) is 16.0. The maximum absolute atomic E-state index is 6.29. The van der Waals surface area contributed by atoms with Crippen LogP contribution in [0, 0.1) is 0 Å². The smallest absolute Gasteiger partial charge is 0.248 e. The molecule has 0 amide bonds. The standard InChI is InChI=1S/C17H17Cl2N7/c18-13-4-3-5-14(16(13)19)26-17(22-23-24-26)21-10-12-6-7-20-11-15(12)25-8-1-2-9-25/h3-7,11H,1-2,8-10H2,(H,21,22,24). The Kier molecular flexibility index (Phi) is 4.90. The van der Waals surface area contributed by atoms with E-state index in [-0.39, 0.29) is 0 Å². The van der Waals surface area contributed by atoms with Crippen LogP contribution >= 0.6 is 23.2 Å². The first-order chi connectivity index (χ1) is 12.7. The van der Waals surface area contributed by atoms with Gasteiger partial charge >= 0.3 is 0 Å². The molecule has 0 unspecified atom stereocenters. The molecule has 7 nitrogen and oxygen atoms in total. The van der Waals surface area contributed by atoms with E-state index in [0.717, 1.165) is 24.3 Å². The Morgan fingerprint density at radius 3 is 2.77 bits per heavy atom. The summed E-state index contributed by atoms with van der Waals surface area (Å²) < 4.78 is 1.55. The summed E-state index contributed by atoms with van der Waals surface area (Å²) in [6, 6.07) is 7.37. The van der Waals surface area contributed by atoms with Gasteiger partial charge in [-0.1, -0.05) is 34.4 Å². The van der Waals surface area contributed by atoms with Gasteiger partial charge in [-0.05, 0) is 47.0 Å². The van der Waals surface area contributed by atoms with Crippen LogP contribution in [0.3, 0.4) is 0 Å². The third-order valence-electron chi connectivity index (χ3n) is 4.40. The van der Waals surface area contributed by atoms with E-state index < -0.39 is 0 Å². The van der Waals surface area contributed by atoms with Gasteiger partial charge in [0.15, 0.2) is 0 Å². The lowest BCUT2D eigenvalue weighted by Gasteiger charge is -2.21. The molecule has 1 N–H and O–H groups in total. The second-order valence-electron chi connectivity index (χ2n) is 6.04. The third-order valence-corrected chi connectivity index (χ3v) is 5.21. The predicted molar refractivity (Wildman–Crippen MR) is 102 cm³/mol. The summed E-state index contributed by atoms with van der Waals surface area (Å²) in [5.74, 6) is 0.498. The van der Waals surface area contributed by atoms with Crippen molar-refractivity contribution in [2.45, 2.75) is 19.4 Å². The van der Waals surface area contributed by atoms with E-state index in [4.69, 9.17) is 23.2 Å². The fourth-order valence-corrected chi connectivity index (χ4v) is 3.47. The molecule has 1 aliphatic rings. The molecule has 3 heterocycles. The fraction of sp³-hybridized carbons (Fsp3) is 0.294. The quantitative estimate of drug-likeness (QED) is 0.718. The van der Waals surface area contributed by atoms with Crippen LogP contribution in [0.15, 0.2) is 36.7 Å². The molecule has 2 aromatic heterocycles. The number of tetrazole rings is 1. The largest absolute Gasteiger partial charge is 0.370 e. The van der Waals surface area contributed by atoms with Gasteiger partial charge in [-0.2, -0.15) is 4.68 Å². The number of pyridine rings is 1. The number of hydrogen-bond acceptors (Lipinski definition) is 6. The SMILES string of the molecule is Clc1cccc(-n2nnnc2NCc2ccncc2N2CCCC2)c1Cl. The van der Waals surface area contributed by atoms with Gasteiger partial charge in [-0.3, -0.25) is 4.98 Å². The van der Waals surface area contributed by atoms with Crippen molar-refractivity contribution >= 4 is 34.8 Å². The minimum absolute atomic E-state index is 0.409. The zero-order valence-electron chi connectivity index (χ0n) is 13.9. The topological polar surface area (TPSA) is 71.8 Å². The van der Waals surface area contributed by atoms with Gasteiger partial charge < -0.3 is 10.2 Å². The van der Waals surface area contributed by atoms with Gasteiger partial charge in [-0.25, -0.2) is 0 Å². The zero-order chi connectivity index (χ0) is 17.9. The highest BCUT2D eigenvalue weighted by Gasteiger charge is 2.17. The van der Waals surface area contributed by atoms with Crippen molar-refractivity contribution in [3.63, 3.8) is 0 Å². The molecule has 4 rings (SSSR count). The number of benzene rings is 1. The van der Waals surface area contributed by atoms with Gasteiger partial charge in [0.25, 0.3) is 0 Å². The Hall–Kier alpha value is -2.38. The molecule has 0 saturated carbocycles. The average Bonchev–Trinajstić information content (AvgIpc) is 3.34. The van der Waals surface area contributed by atoms with Crippen LogP contribution in [0.2, 0.25) is 10.0 Å². The minimum atomic E-state index is 0.409. The van der Waals surface area contributed by atoms with Gasteiger partial charge in [0, 0.05) is 25.8 Å². The van der Waals surface area contributed by atoms with Crippen molar-refractivity contribution < 1.29 is 0 Å². The predicted octanol–water partition coefficient (Wildman–Crippen LogP) is 3.58. The van der Waals surface area contributed by atoms with E-state index in [9.17, 15) is 0 Å². The molecule has 0 atom stereocenters. The van der Waals surface area contributed by atoms with E-state index >= 15 is 0 Å². The second-order valence-corrected chi connectivity index (χ2v) is 6.82. The van der Waals surface area contributed by atoms with Crippen LogP contribution in [-0.4, -0.2) is 38.3 Å². The van der Waals surface area contributed by atoms with Gasteiger partial charge in [-0.15, -0.1) is 0 Å². The van der Waals surface area contributed by atoms with Crippen molar-refractivity contribution in [1.29, 1.82) is 0 Å². The highest BCUT2D eigenvalue weighted by atomic mass is 35.5. The van der Waals surface area contributed by atoms with E-state index in [2.05, 4.69) is 30.7 Å². The Labute approximate surface area is 160 Å². The van der Waals surface area contributed by atoms with E-state index in [1.807, 2.05) is 24.4 Å². The lowest BCUT2D eigenvalue weighted by atomic mass is 10.2. The Bertz CT molecular complexity index is 906. The molecule has 26 heavy (non-hydrogen) atoms. The zero-order valence-corrected chi connectivity index (χ0v) is 15.5. The maximum atomic E-state index is 6.29. The summed E-state index contributed by atoms with van der Waals surface area (Å²) >= 11 is 12.4. The maximum Gasteiger partial charge on any atom is 0.248 e. The lowest BCUT2D eigenvalue weighted by Crippen LogP contribution is -2.20. The highest BCUT2D eigenvalue weighted by molar-refractivity contribution is 6.43. The molecule has 0 bridgehead atoms. The molecule has 0 aliphatic carbocycles. The van der Waals surface area contributed by atoms with E-state index in [1.165, 1.54) is 12.8 Å². The minimum Gasteiger partial charge on any atom is -0.370 e. The van der Waals surface area contributed by atoms with Gasteiger partial charge in [0.05, 0.1) is 27.6 Å². The normalized spacial score (nSPS) is 14.0. The highest BCUT2D eigenvalue weighted by Crippen LogP contribution is 2.29. The molecule has 1 fully saturated rings. The monoisotopic (exact) mass is 389 g/mol. The molecular formula is C17H17Cl2N7. The number of halogens is 2. The summed E-state index contributed by atoms with van der Waals surface area (Å²) in [6.07, 6.45) is 6.15. The number of nitrogens with zero attached hydrogens (tertiary/aromatic N) is 6. The van der Waals surface area contributed by atoms with Crippen molar-refractivity contribution in [2.24, 2.45) is 0 Å². The number of hydrogen-bond donors (Lipinski definition) is 1. The summed E-state index contributed by atoms with van der Waals surface area (Å²) in [4.78, 5) is 6.64. The van der Waals surface area contributed by atoms with Crippen LogP contribution in [-0.2, 0) is 6.54 Å². The first-order valence-electron chi connectivity index (χ1n) is 8.38. The second kappa shape index (κ2) is 7.47. The lowest BCUT2D eigenvalue weighted by molar-refractivity contribution is 0.789. The Morgan fingerprint density at radius 1 is 1.08 bits per heavy atom. The molecule has 134 valence electrons. The number of anilines is 2. The van der Waals surface area contributed by atoms with Crippen molar-refractivity contribution in [3.8, 4) is 5.69 Å². The molecular weight excluding hydrogens is 373 g/mol. The molecule has 9 heteroatoms. The Balaban J connectivity index is 1.57. The summed E-state index contributed by atoms with van der Waals surface area (Å²) in [5.41, 5.74) is 2.92. The van der Waals surface area contributed by atoms with E-state index in [0.29, 0.717) is 28.2 Å². The summed E-state index contributed by atoms with van der Waals surface area (Å²) in [6.45, 7) is 2.70. The first kappa shape index (κ1) is 17.1. The molecule has 1 saturated heterocycles. The van der Waals surface area contributed by atoms with E-state index in [1.54, 1.807) is 16.9 Å². The Morgan fingerprint density at radius 2 is 1.92 bits per heavy atom. The van der Waals surface area contributed by atoms with Gasteiger partial charge in [0.1, 0.15) is 0 Å². The van der Waals surface area contributed by atoms with Crippen molar-refractivity contribution in [2.75, 3.05) is 23.3 Å². The van der Waals surface area contributed by atoms with Crippen LogP contribution in [0.1, 0.15) is 18.4 Å². The fourth-order valence-electron chi connectivity index (χ4n) is 3.10. The van der Waals surface area contributed by atoms with Crippen molar-refractivity contribution in [3.05, 3.63) is 52.3 Å². The van der Waals surface area contributed by atoms with Crippen LogP contribution < -0.4 is 10.2 Å². The molecule has 1 aliphatic heterocycles.